The molecule has 10 nitrogen and oxygen atoms in total. The van der Waals surface area contributed by atoms with E-state index in [4.69, 9.17) is 9.98 Å². The molecular weight excluding hydrogens is 408 g/mol. The molecule has 0 amide bonds. The molecule has 0 saturated heterocycles. The van der Waals surface area contributed by atoms with Gasteiger partial charge in [-0.05, 0) is 49.3 Å². The number of nitrogens with zero attached hydrogens (tertiary/aromatic N) is 5. The maximum atomic E-state index is 11.5. The van der Waals surface area contributed by atoms with Gasteiger partial charge in [-0.2, -0.15) is 19.6 Å². The van der Waals surface area contributed by atoms with Gasteiger partial charge in [0.05, 0.1) is 18.3 Å². The zero-order chi connectivity index (χ0) is 21.7. The number of hydrogen-bond donors (Lipinski definition) is 4. The Bertz CT molecular complexity index is 1490. The molecule has 4 N–H and O–H groups in total. The third-order valence-electron chi connectivity index (χ3n) is 5.93. The molecule has 3 heterocycles. The Kier molecular flexibility index (Phi) is 4.30. The summed E-state index contributed by atoms with van der Waals surface area (Å²) in [5.41, 5.74) is 3.45. The van der Waals surface area contributed by atoms with Crippen LogP contribution in [0, 0.1) is 0 Å². The number of aryl methyl sites for hydroxylation is 1. The maximum Gasteiger partial charge on any atom is 0.326 e. The van der Waals surface area contributed by atoms with E-state index in [1.165, 1.54) is 11.1 Å². The van der Waals surface area contributed by atoms with Crippen molar-refractivity contribution >= 4 is 17.7 Å². The predicted octanol–water partition coefficient (Wildman–Crippen LogP) is 0.947. The van der Waals surface area contributed by atoms with Crippen molar-refractivity contribution in [3.8, 4) is 5.88 Å². The van der Waals surface area contributed by atoms with Crippen LogP contribution in [0.1, 0.15) is 48.5 Å². The second-order valence-electron chi connectivity index (χ2n) is 8.32. The molecule has 6 rings (SSSR count). The van der Waals surface area contributed by atoms with Gasteiger partial charge in [-0.15, -0.1) is 0 Å². The summed E-state index contributed by atoms with van der Waals surface area (Å²) in [4.78, 5) is 30.5. The standard InChI is InChI=1S/C22H22N8O2/c31-19-17(26-22(32)28-19)10-13-11-23-30-18(13)27-20(29-21(30)24-14-8-9-14)25-16-7-3-5-12-4-1-2-6-15(12)16/h1-2,4,6,10-11,14,16,31H,3,5,7-9H2,(H,24,25,29)(H2,26,28,32)/b13-10+/t16-/m0/s1. The summed E-state index contributed by atoms with van der Waals surface area (Å²) in [5.74, 6) is 0.254. The van der Waals surface area contributed by atoms with Crippen LogP contribution >= 0.6 is 0 Å². The van der Waals surface area contributed by atoms with E-state index in [0.29, 0.717) is 22.4 Å². The lowest BCUT2D eigenvalue weighted by Gasteiger charge is -2.26. The highest BCUT2D eigenvalue weighted by atomic mass is 16.3. The summed E-state index contributed by atoms with van der Waals surface area (Å²) in [6.07, 6.45) is 8.52. The van der Waals surface area contributed by atoms with E-state index in [0.717, 1.165) is 32.1 Å². The molecule has 0 aliphatic heterocycles. The number of aromatic hydroxyl groups is 1. The maximum absolute atomic E-state index is 11.5. The van der Waals surface area contributed by atoms with Gasteiger partial charge in [0.2, 0.25) is 11.8 Å². The van der Waals surface area contributed by atoms with Gasteiger partial charge in [-0.25, -0.2) is 9.79 Å². The normalized spacial score (nSPS) is 19.4. The van der Waals surface area contributed by atoms with Crippen molar-refractivity contribution in [2.24, 2.45) is 4.99 Å². The Morgan fingerprint density at radius 3 is 2.88 bits per heavy atom. The first-order valence-electron chi connectivity index (χ1n) is 10.8. The summed E-state index contributed by atoms with van der Waals surface area (Å²) in [6.45, 7) is 0. The number of benzene rings is 1. The van der Waals surface area contributed by atoms with Crippen LogP contribution < -0.4 is 21.8 Å². The van der Waals surface area contributed by atoms with Crippen molar-refractivity contribution in [2.45, 2.75) is 44.2 Å². The van der Waals surface area contributed by atoms with Gasteiger partial charge >= 0.3 is 5.69 Å². The molecule has 2 aliphatic rings. The van der Waals surface area contributed by atoms with Crippen molar-refractivity contribution in [1.29, 1.82) is 0 Å². The molecule has 32 heavy (non-hydrogen) atoms. The molecule has 0 bridgehead atoms. The summed E-state index contributed by atoms with van der Waals surface area (Å²) in [5, 5.41) is 18.5. The second-order valence-corrected chi connectivity index (χ2v) is 8.32. The van der Waals surface area contributed by atoms with E-state index in [1.807, 2.05) is 0 Å². The van der Waals surface area contributed by atoms with E-state index >= 15 is 0 Å². The number of hydrogen-bond acceptors (Lipinski definition) is 7. The quantitative estimate of drug-likeness (QED) is 0.381. The highest BCUT2D eigenvalue weighted by molar-refractivity contribution is 5.57. The first kappa shape index (κ1) is 18.8. The summed E-state index contributed by atoms with van der Waals surface area (Å²) < 4.78 is 1.60. The van der Waals surface area contributed by atoms with Gasteiger partial charge in [0, 0.05) is 5.22 Å². The van der Waals surface area contributed by atoms with Crippen LogP contribution in [0.25, 0.3) is 11.7 Å². The Balaban J connectivity index is 1.48. The monoisotopic (exact) mass is 430 g/mol. The zero-order valence-corrected chi connectivity index (χ0v) is 17.2. The fourth-order valence-electron chi connectivity index (χ4n) is 4.20. The third kappa shape index (κ3) is 3.43. The number of H-pyrrole nitrogens is 2. The van der Waals surface area contributed by atoms with Crippen molar-refractivity contribution in [3.63, 3.8) is 0 Å². The lowest BCUT2D eigenvalue weighted by Crippen LogP contribution is -2.26. The minimum absolute atomic E-state index is 0.122. The number of nitrogens with one attached hydrogen (secondary N) is 3. The van der Waals surface area contributed by atoms with Gasteiger partial charge < -0.3 is 15.4 Å². The predicted molar refractivity (Wildman–Crippen MR) is 117 cm³/mol. The lowest BCUT2D eigenvalue weighted by atomic mass is 9.88. The minimum atomic E-state index is -0.484. The first-order chi connectivity index (χ1) is 15.6. The average Bonchev–Trinajstić information content (AvgIpc) is 3.42. The molecule has 0 unspecified atom stereocenters. The summed E-state index contributed by atoms with van der Waals surface area (Å²) in [6, 6.07) is 8.85. The Morgan fingerprint density at radius 2 is 2.06 bits per heavy atom. The van der Waals surface area contributed by atoms with Crippen LogP contribution in [0.4, 0.5) is 5.95 Å². The largest absolute Gasteiger partial charge is 0.493 e. The van der Waals surface area contributed by atoms with E-state index in [2.05, 4.69) is 49.6 Å². The molecule has 0 spiro atoms. The third-order valence-corrected chi connectivity index (χ3v) is 5.93. The van der Waals surface area contributed by atoms with Crippen LogP contribution in [-0.4, -0.2) is 40.7 Å². The van der Waals surface area contributed by atoms with Crippen LogP contribution in [0.15, 0.2) is 40.2 Å². The smallest absolute Gasteiger partial charge is 0.326 e. The Hall–Kier alpha value is -3.95. The van der Waals surface area contributed by atoms with Gasteiger partial charge in [0.15, 0.2) is 5.65 Å². The second kappa shape index (κ2) is 7.33. The van der Waals surface area contributed by atoms with E-state index in [-0.39, 0.29) is 23.7 Å². The number of aromatic nitrogens is 6. The van der Waals surface area contributed by atoms with Gasteiger partial charge in [-0.1, -0.05) is 24.3 Å². The fourth-order valence-corrected chi connectivity index (χ4v) is 4.20. The number of imidazole rings is 1. The molecule has 1 fully saturated rings. The molecule has 0 radical (unpaired) electrons. The average molecular weight is 430 g/mol. The number of fused-ring (bicyclic) bond motifs is 2. The van der Waals surface area contributed by atoms with Crippen LogP contribution in [0.5, 0.6) is 5.88 Å². The fraction of sp³-hybridized carbons (Fsp3) is 0.318. The molecule has 1 atom stereocenters. The molecular formula is C22H22N8O2. The highest BCUT2D eigenvalue weighted by Gasteiger charge is 2.23. The highest BCUT2D eigenvalue weighted by Crippen LogP contribution is 2.31. The SMILES string of the molecule is O=c1[nH]c(O)c(/C=c2\cnn3c(=NC4CC4)nc(N[C@H]4CCCc5ccccc54)nc23)[nH]1. The molecule has 1 aromatic carbocycles. The van der Waals surface area contributed by atoms with Crippen molar-refractivity contribution in [2.75, 3.05) is 5.32 Å². The van der Waals surface area contributed by atoms with Crippen molar-refractivity contribution in [3.05, 3.63) is 68.6 Å². The van der Waals surface area contributed by atoms with Crippen molar-refractivity contribution in [1.82, 2.24) is 29.5 Å². The van der Waals surface area contributed by atoms with Crippen LogP contribution in [-0.2, 0) is 6.42 Å². The number of rotatable bonds is 4. The van der Waals surface area contributed by atoms with Crippen LogP contribution in [0.3, 0.4) is 0 Å². The molecule has 4 aromatic rings. The van der Waals surface area contributed by atoms with Gasteiger partial charge in [0.1, 0.15) is 5.69 Å². The molecule has 162 valence electrons. The van der Waals surface area contributed by atoms with Crippen molar-refractivity contribution < 1.29 is 5.11 Å². The number of anilines is 1. The van der Waals surface area contributed by atoms with E-state index in [1.54, 1.807) is 16.8 Å². The molecule has 10 heteroatoms. The van der Waals surface area contributed by atoms with Gasteiger partial charge in [0.25, 0.3) is 5.62 Å². The molecule has 2 aliphatic carbocycles. The van der Waals surface area contributed by atoms with E-state index in [9.17, 15) is 9.90 Å². The molecule has 3 aromatic heterocycles. The summed E-state index contributed by atoms with van der Waals surface area (Å²) >= 11 is 0. The van der Waals surface area contributed by atoms with Gasteiger partial charge in [-0.3, -0.25) is 4.98 Å². The summed E-state index contributed by atoms with van der Waals surface area (Å²) in [7, 11) is 0. The lowest BCUT2D eigenvalue weighted by molar-refractivity contribution is 0.454. The Morgan fingerprint density at radius 1 is 1.19 bits per heavy atom. The zero-order valence-electron chi connectivity index (χ0n) is 17.2. The topological polar surface area (TPSA) is 136 Å². The Labute approximate surface area is 181 Å². The minimum Gasteiger partial charge on any atom is -0.493 e. The number of aromatic amines is 2. The molecule has 1 saturated carbocycles. The van der Waals surface area contributed by atoms with E-state index < -0.39 is 5.69 Å². The first-order valence-corrected chi connectivity index (χ1v) is 10.8. The van der Waals surface area contributed by atoms with Crippen LogP contribution in [0.2, 0.25) is 0 Å².